The Kier molecular flexibility index (Phi) is 5.17. The molecule has 0 aromatic heterocycles. The average molecular weight is 314 g/mol. The van der Waals surface area contributed by atoms with Crippen LogP contribution in [0.5, 0.6) is 0 Å². The largest absolute Gasteiger partial charge is 0.478 e. The number of carboxylic acids is 1. The normalized spacial score (nSPS) is 12.4. The molecule has 0 bridgehead atoms. The lowest BCUT2D eigenvalue weighted by Crippen LogP contribution is -2.26. The van der Waals surface area contributed by atoms with Crippen LogP contribution in [0.4, 0.5) is 0 Å². The first-order chi connectivity index (χ1) is 9.50. The van der Waals surface area contributed by atoms with Crippen molar-refractivity contribution >= 4 is 15.8 Å². The molecule has 6 heteroatoms. The van der Waals surface area contributed by atoms with Gasteiger partial charge in [0.05, 0.1) is 21.8 Å². The first-order valence-corrected chi connectivity index (χ1v) is 8.28. The fourth-order valence-corrected chi connectivity index (χ4v) is 3.82. The molecule has 0 amide bonds. The highest BCUT2D eigenvalue weighted by molar-refractivity contribution is 7.91. The summed E-state index contributed by atoms with van der Waals surface area (Å²) in [6.07, 6.45) is 0.335. The van der Waals surface area contributed by atoms with Gasteiger partial charge in [-0.15, -0.1) is 0 Å². The monoisotopic (exact) mass is 314 g/mol. The van der Waals surface area contributed by atoms with Crippen molar-refractivity contribution in [2.45, 2.75) is 44.6 Å². The van der Waals surface area contributed by atoms with E-state index in [1.807, 2.05) is 13.8 Å². The average Bonchev–Trinajstić information content (AvgIpc) is 2.36. The number of hydrogen-bond acceptors (Lipinski definition) is 4. The second-order valence-electron chi connectivity index (χ2n) is 5.77. The molecular formula is C15H22O5S. The summed E-state index contributed by atoms with van der Waals surface area (Å²) in [5.41, 5.74) is 0.593. The maximum absolute atomic E-state index is 12.5. The third-order valence-electron chi connectivity index (χ3n) is 3.61. The second kappa shape index (κ2) is 6.15. The Hall–Kier alpha value is -1.40. The fourth-order valence-electron chi connectivity index (χ4n) is 1.99. The van der Waals surface area contributed by atoms with Gasteiger partial charge in [0.15, 0.2) is 9.84 Å². The Bertz CT molecular complexity index is 644. The van der Waals surface area contributed by atoms with Crippen LogP contribution in [0.3, 0.4) is 0 Å². The highest BCUT2D eigenvalue weighted by Gasteiger charge is 2.25. The Morgan fingerprint density at radius 3 is 2.29 bits per heavy atom. The Morgan fingerprint density at radius 1 is 1.24 bits per heavy atom. The van der Waals surface area contributed by atoms with Crippen LogP contribution in [0.15, 0.2) is 17.0 Å². The quantitative estimate of drug-likeness (QED) is 0.873. The maximum atomic E-state index is 12.5. The number of carbonyl (C=O) groups is 1. The van der Waals surface area contributed by atoms with E-state index in [1.54, 1.807) is 19.9 Å². The summed E-state index contributed by atoms with van der Waals surface area (Å²) >= 11 is 0. The van der Waals surface area contributed by atoms with Crippen molar-refractivity contribution in [3.63, 3.8) is 0 Å². The van der Waals surface area contributed by atoms with Gasteiger partial charge in [0.25, 0.3) is 0 Å². The molecule has 0 aliphatic heterocycles. The summed E-state index contributed by atoms with van der Waals surface area (Å²) < 4.78 is 30.1. The molecule has 1 aromatic rings. The molecule has 21 heavy (non-hydrogen) atoms. The number of methoxy groups -OCH3 is 1. The molecule has 0 atom stereocenters. The van der Waals surface area contributed by atoms with Crippen LogP contribution in [0.25, 0.3) is 0 Å². The van der Waals surface area contributed by atoms with Crippen molar-refractivity contribution in [3.05, 3.63) is 28.8 Å². The second-order valence-corrected chi connectivity index (χ2v) is 7.85. The minimum atomic E-state index is -3.55. The lowest BCUT2D eigenvalue weighted by molar-refractivity contribution is 0.0203. The van der Waals surface area contributed by atoms with Crippen LogP contribution in [-0.4, -0.2) is 38.0 Å². The van der Waals surface area contributed by atoms with Gasteiger partial charge < -0.3 is 9.84 Å². The Morgan fingerprint density at radius 2 is 1.81 bits per heavy atom. The van der Waals surface area contributed by atoms with E-state index in [0.717, 1.165) is 0 Å². The molecule has 0 aliphatic carbocycles. The van der Waals surface area contributed by atoms with Gasteiger partial charge in [-0.05, 0) is 51.3 Å². The molecule has 118 valence electrons. The maximum Gasteiger partial charge on any atom is 0.335 e. The number of hydrogen-bond donors (Lipinski definition) is 1. The Balaban J connectivity index is 3.20. The number of ether oxygens (including phenoxy) is 1. The summed E-state index contributed by atoms with van der Waals surface area (Å²) in [5, 5.41) is 9.13. The van der Waals surface area contributed by atoms with Crippen molar-refractivity contribution in [1.82, 2.24) is 0 Å². The molecule has 0 heterocycles. The van der Waals surface area contributed by atoms with E-state index in [0.29, 0.717) is 17.5 Å². The van der Waals surface area contributed by atoms with Gasteiger partial charge in [0.2, 0.25) is 0 Å². The predicted octanol–water partition coefficient (Wildman–Crippen LogP) is 2.59. The van der Waals surface area contributed by atoms with E-state index < -0.39 is 21.4 Å². The highest BCUT2D eigenvalue weighted by atomic mass is 32.2. The zero-order valence-electron chi connectivity index (χ0n) is 13.1. The first kappa shape index (κ1) is 17.7. The topological polar surface area (TPSA) is 80.7 Å². The van der Waals surface area contributed by atoms with Gasteiger partial charge in [0, 0.05) is 7.11 Å². The summed E-state index contributed by atoms with van der Waals surface area (Å²) in [6, 6.07) is 2.85. The van der Waals surface area contributed by atoms with Crippen molar-refractivity contribution in [2.75, 3.05) is 12.9 Å². The molecule has 5 nitrogen and oxygen atoms in total. The number of sulfone groups is 1. The van der Waals surface area contributed by atoms with E-state index >= 15 is 0 Å². The van der Waals surface area contributed by atoms with Crippen LogP contribution >= 0.6 is 0 Å². The van der Waals surface area contributed by atoms with Crippen LogP contribution in [0, 0.1) is 13.8 Å². The molecule has 0 unspecified atom stereocenters. The lowest BCUT2D eigenvalue weighted by atomic mass is 10.1. The molecule has 1 rings (SSSR count). The summed E-state index contributed by atoms with van der Waals surface area (Å²) in [6.45, 7) is 6.95. The smallest absolute Gasteiger partial charge is 0.335 e. The summed E-state index contributed by atoms with van der Waals surface area (Å²) in [7, 11) is -2.02. The number of rotatable bonds is 6. The van der Waals surface area contributed by atoms with E-state index in [9.17, 15) is 13.2 Å². The SMILES string of the molecule is COC(C)(C)CCS(=O)(=O)c1cc(C(=O)O)c(C)cc1C. The van der Waals surface area contributed by atoms with Crippen LogP contribution in [-0.2, 0) is 14.6 Å². The number of aromatic carboxylic acids is 1. The van der Waals surface area contributed by atoms with E-state index in [1.165, 1.54) is 13.2 Å². The van der Waals surface area contributed by atoms with E-state index in [2.05, 4.69) is 0 Å². The molecule has 1 aromatic carbocycles. The van der Waals surface area contributed by atoms with Gasteiger partial charge in [-0.3, -0.25) is 0 Å². The van der Waals surface area contributed by atoms with Gasteiger partial charge in [-0.25, -0.2) is 13.2 Å². The third-order valence-corrected chi connectivity index (χ3v) is 5.46. The number of aryl methyl sites for hydroxylation is 2. The third kappa shape index (κ3) is 4.28. The Labute approximate surface area is 125 Å². The first-order valence-electron chi connectivity index (χ1n) is 6.62. The van der Waals surface area contributed by atoms with Crippen LogP contribution in [0.2, 0.25) is 0 Å². The molecule has 0 saturated carbocycles. The highest BCUT2D eigenvalue weighted by Crippen LogP contribution is 2.24. The fraction of sp³-hybridized carbons (Fsp3) is 0.533. The van der Waals surface area contributed by atoms with E-state index in [4.69, 9.17) is 9.84 Å². The van der Waals surface area contributed by atoms with Crippen molar-refractivity contribution < 1.29 is 23.1 Å². The minimum Gasteiger partial charge on any atom is -0.478 e. The van der Waals surface area contributed by atoms with Crippen molar-refractivity contribution in [2.24, 2.45) is 0 Å². The van der Waals surface area contributed by atoms with Gasteiger partial charge in [0.1, 0.15) is 0 Å². The molecule has 0 aliphatic rings. The van der Waals surface area contributed by atoms with Crippen molar-refractivity contribution in [1.29, 1.82) is 0 Å². The molecule has 0 fully saturated rings. The van der Waals surface area contributed by atoms with Gasteiger partial charge in [-0.2, -0.15) is 0 Å². The molecular weight excluding hydrogens is 292 g/mol. The predicted molar refractivity (Wildman–Crippen MR) is 80.6 cm³/mol. The molecule has 0 spiro atoms. The molecule has 1 N–H and O–H groups in total. The van der Waals surface area contributed by atoms with Crippen LogP contribution in [0.1, 0.15) is 41.8 Å². The van der Waals surface area contributed by atoms with Gasteiger partial charge >= 0.3 is 5.97 Å². The lowest BCUT2D eigenvalue weighted by Gasteiger charge is -2.22. The standard InChI is InChI=1S/C15H22O5S/c1-10-8-11(2)13(9-12(10)14(16)17)21(18,19)7-6-15(3,4)20-5/h8-9H,6-7H2,1-5H3,(H,16,17). The molecule has 0 radical (unpaired) electrons. The number of benzene rings is 1. The zero-order chi connectivity index (χ0) is 16.4. The molecule has 0 saturated heterocycles. The van der Waals surface area contributed by atoms with Gasteiger partial charge in [-0.1, -0.05) is 6.07 Å². The van der Waals surface area contributed by atoms with Crippen LogP contribution < -0.4 is 0 Å². The number of carboxylic acid groups (broad SMARTS) is 1. The zero-order valence-corrected chi connectivity index (χ0v) is 13.9. The summed E-state index contributed by atoms with van der Waals surface area (Å²) in [5.74, 6) is -1.21. The summed E-state index contributed by atoms with van der Waals surface area (Å²) in [4.78, 5) is 11.2. The minimum absolute atomic E-state index is 0.0187. The van der Waals surface area contributed by atoms with E-state index in [-0.39, 0.29) is 16.2 Å². The van der Waals surface area contributed by atoms with Crippen molar-refractivity contribution in [3.8, 4) is 0 Å².